The summed E-state index contributed by atoms with van der Waals surface area (Å²) in [5, 5.41) is 4.01. The van der Waals surface area contributed by atoms with E-state index in [9.17, 15) is 9.59 Å². The van der Waals surface area contributed by atoms with Crippen molar-refractivity contribution in [2.45, 2.75) is 70.9 Å². The van der Waals surface area contributed by atoms with E-state index in [1.54, 1.807) is 11.3 Å². The summed E-state index contributed by atoms with van der Waals surface area (Å²) in [4.78, 5) is 33.6. The number of hydrogen-bond donors (Lipinski definition) is 1. The Morgan fingerprint density at radius 3 is 2.42 bits per heavy atom. The minimum atomic E-state index is -0.844. The average molecular weight is 534 g/mol. The van der Waals surface area contributed by atoms with E-state index in [-0.39, 0.29) is 18.3 Å². The number of hydrogen-bond acceptors (Lipinski definition) is 6. The first kappa shape index (κ1) is 26.8. The Morgan fingerprint density at radius 2 is 1.79 bits per heavy atom. The number of nitrogens with one attached hydrogen (secondary N) is 1. The van der Waals surface area contributed by atoms with Crippen LogP contribution in [0.25, 0.3) is 10.2 Å². The minimum Gasteiger partial charge on any atom is -0.460 e. The minimum absolute atomic E-state index is 0.0597. The topological polar surface area (TPSA) is 71.5 Å². The highest BCUT2D eigenvalue weighted by molar-refractivity contribution is 7.18. The number of carbonyl (C=O) groups excluding carboxylic acids is 2. The maximum absolute atomic E-state index is 13.7. The highest BCUT2D eigenvalue weighted by atomic mass is 32.1. The van der Waals surface area contributed by atoms with Crippen molar-refractivity contribution in [3.63, 3.8) is 0 Å². The molecule has 1 N–H and O–H groups in total. The third-order valence-corrected chi connectivity index (χ3v) is 8.77. The normalized spacial score (nSPS) is 20.3. The lowest BCUT2D eigenvalue weighted by atomic mass is 9.71. The Kier molecular flexibility index (Phi) is 7.35. The van der Waals surface area contributed by atoms with Gasteiger partial charge in [0.1, 0.15) is 10.6 Å². The van der Waals surface area contributed by atoms with Gasteiger partial charge < -0.3 is 15.0 Å². The van der Waals surface area contributed by atoms with Crippen molar-refractivity contribution in [3.05, 3.63) is 64.2 Å². The molecule has 0 aliphatic heterocycles. The van der Waals surface area contributed by atoms with Gasteiger partial charge in [-0.3, -0.25) is 9.59 Å². The van der Waals surface area contributed by atoms with Crippen LogP contribution in [0.5, 0.6) is 0 Å². The fourth-order valence-corrected chi connectivity index (χ4v) is 7.00. The molecule has 0 radical (unpaired) electrons. The average Bonchev–Trinajstić information content (AvgIpc) is 3.38. The molecule has 2 aliphatic rings. The highest BCUT2D eigenvalue weighted by Gasteiger charge is 2.46. The lowest BCUT2D eigenvalue weighted by Crippen LogP contribution is -2.44. The van der Waals surface area contributed by atoms with E-state index in [4.69, 9.17) is 9.72 Å². The smallest absolute Gasteiger partial charge is 0.307 e. The number of rotatable bonds is 8. The van der Waals surface area contributed by atoms with Crippen LogP contribution >= 0.6 is 11.3 Å². The maximum Gasteiger partial charge on any atom is 0.307 e. The van der Waals surface area contributed by atoms with Crippen molar-refractivity contribution in [2.75, 3.05) is 20.6 Å². The van der Waals surface area contributed by atoms with E-state index >= 15 is 0 Å². The van der Waals surface area contributed by atoms with Gasteiger partial charge in [-0.25, -0.2) is 4.98 Å². The van der Waals surface area contributed by atoms with Crippen molar-refractivity contribution in [3.8, 4) is 0 Å². The van der Waals surface area contributed by atoms with Gasteiger partial charge in [0.2, 0.25) is 5.91 Å². The number of nitrogens with zero attached hydrogens (tertiary/aromatic N) is 2. The zero-order chi connectivity index (χ0) is 27.1. The molecule has 0 atom stereocenters. The summed E-state index contributed by atoms with van der Waals surface area (Å²) in [7, 11) is 4.28. The molecule has 0 bridgehead atoms. The van der Waals surface area contributed by atoms with E-state index < -0.39 is 11.0 Å². The predicted molar refractivity (Wildman–Crippen MR) is 152 cm³/mol. The first-order valence-corrected chi connectivity index (χ1v) is 14.4. The largest absolute Gasteiger partial charge is 0.460 e. The molecule has 7 heteroatoms. The van der Waals surface area contributed by atoms with Gasteiger partial charge >= 0.3 is 5.97 Å². The molecular weight excluding hydrogens is 494 g/mol. The molecule has 6 nitrogen and oxygen atoms in total. The van der Waals surface area contributed by atoms with Crippen LogP contribution in [-0.4, -0.2) is 48.0 Å². The Labute approximate surface area is 229 Å². The molecular formula is C31H39N3O3S. The summed E-state index contributed by atoms with van der Waals surface area (Å²) >= 11 is 1.64. The second-order valence-corrected chi connectivity index (χ2v) is 13.6. The zero-order valence-corrected chi connectivity index (χ0v) is 24.0. The van der Waals surface area contributed by atoms with Crippen LogP contribution in [-0.2, 0) is 33.7 Å². The first-order valence-electron chi connectivity index (χ1n) is 13.6. The van der Waals surface area contributed by atoms with Crippen molar-refractivity contribution in [1.29, 1.82) is 0 Å². The standard InChI is InChI=1S/C31H39N3O3S/c1-30(2,3)37-28(35)17-31(15-22-8-6-7-9-23(22)16-31)29(36)32-18-27-33-25-11-10-21(14-26(25)38-27)24-12-20(13-24)19-34(4)5/h6-11,14,20,24H,12-13,15-19H2,1-5H3,(H,32,36)/t20-,24+. The fraction of sp³-hybridized carbons (Fsp3) is 0.516. The SMILES string of the molecule is CN(C)C[C@H]1C[C@@H](c2ccc3nc(CNC(=O)C4(CC(=O)OC(C)(C)C)Cc5ccccc5C4)sc3c2)C1. The first-order chi connectivity index (χ1) is 18.0. The zero-order valence-electron chi connectivity index (χ0n) is 23.2. The molecule has 5 rings (SSSR count). The molecule has 1 fully saturated rings. The lowest BCUT2D eigenvalue weighted by Gasteiger charge is -2.37. The van der Waals surface area contributed by atoms with Crippen LogP contribution in [0.4, 0.5) is 0 Å². The summed E-state index contributed by atoms with van der Waals surface area (Å²) in [6, 6.07) is 14.7. The number of benzene rings is 2. The van der Waals surface area contributed by atoms with Crippen LogP contribution in [0, 0.1) is 11.3 Å². The van der Waals surface area contributed by atoms with Gasteiger partial charge in [0, 0.05) is 6.54 Å². The molecule has 0 spiro atoms. The van der Waals surface area contributed by atoms with E-state index in [0.717, 1.165) is 34.1 Å². The number of fused-ring (bicyclic) bond motifs is 2. The van der Waals surface area contributed by atoms with Gasteiger partial charge in [-0.05, 0) is 101 Å². The third-order valence-electron chi connectivity index (χ3n) is 7.75. The van der Waals surface area contributed by atoms with Crippen LogP contribution < -0.4 is 5.32 Å². The van der Waals surface area contributed by atoms with Crippen LogP contribution in [0.1, 0.15) is 67.6 Å². The summed E-state index contributed by atoms with van der Waals surface area (Å²) in [6.07, 6.45) is 3.62. The molecule has 0 saturated heterocycles. The van der Waals surface area contributed by atoms with Crippen LogP contribution in [0.2, 0.25) is 0 Å². The van der Waals surface area contributed by atoms with Crippen LogP contribution in [0.15, 0.2) is 42.5 Å². The number of thiazole rings is 1. The van der Waals surface area contributed by atoms with E-state index in [0.29, 0.717) is 25.3 Å². The van der Waals surface area contributed by atoms with E-state index in [1.165, 1.54) is 23.1 Å². The second-order valence-electron chi connectivity index (χ2n) is 12.5. The van der Waals surface area contributed by atoms with Crippen molar-refractivity contribution in [1.82, 2.24) is 15.2 Å². The van der Waals surface area contributed by atoms with Gasteiger partial charge in [0.05, 0.1) is 28.6 Å². The predicted octanol–water partition coefficient (Wildman–Crippen LogP) is 5.48. The highest BCUT2D eigenvalue weighted by Crippen LogP contribution is 2.43. The number of esters is 1. The molecule has 0 unspecified atom stereocenters. The Balaban J connectivity index is 1.26. The molecule has 1 heterocycles. The van der Waals surface area contributed by atoms with Gasteiger partial charge in [-0.1, -0.05) is 30.3 Å². The Morgan fingerprint density at radius 1 is 1.11 bits per heavy atom. The second kappa shape index (κ2) is 10.4. The van der Waals surface area contributed by atoms with E-state index in [2.05, 4.69) is 54.6 Å². The fourth-order valence-electron chi connectivity index (χ4n) is 6.05. The summed E-state index contributed by atoms with van der Waals surface area (Å²) in [5.41, 5.74) is 3.19. The summed E-state index contributed by atoms with van der Waals surface area (Å²) in [6.45, 7) is 7.07. The Bertz CT molecular complexity index is 1310. The molecule has 3 aromatic rings. The van der Waals surface area contributed by atoms with E-state index in [1.807, 2.05) is 32.9 Å². The maximum atomic E-state index is 13.7. The molecule has 1 aromatic heterocycles. The number of carbonyl (C=O) groups is 2. The van der Waals surface area contributed by atoms with Crippen molar-refractivity contribution >= 4 is 33.4 Å². The Hall–Kier alpha value is -2.77. The molecule has 202 valence electrons. The lowest BCUT2D eigenvalue weighted by molar-refractivity contribution is -0.160. The summed E-state index contributed by atoms with van der Waals surface area (Å²) in [5.74, 6) is 0.969. The van der Waals surface area contributed by atoms with Crippen LogP contribution in [0.3, 0.4) is 0 Å². The molecule has 2 aromatic carbocycles. The van der Waals surface area contributed by atoms with Gasteiger partial charge in [0.25, 0.3) is 0 Å². The van der Waals surface area contributed by atoms with Gasteiger partial charge in [-0.2, -0.15) is 0 Å². The molecule has 1 amide bonds. The van der Waals surface area contributed by atoms with Crippen molar-refractivity contribution < 1.29 is 14.3 Å². The molecule has 2 aliphatic carbocycles. The molecule has 38 heavy (non-hydrogen) atoms. The number of ether oxygens (including phenoxy) is 1. The number of aromatic nitrogens is 1. The quantitative estimate of drug-likeness (QED) is 0.388. The van der Waals surface area contributed by atoms with Gasteiger partial charge in [-0.15, -0.1) is 11.3 Å². The monoisotopic (exact) mass is 533 g/mol. The van der Waals surface area contributed by atoms with Gasteiger partial charge in [0.15, 0.2) is 0 Å². The number of amides is 1. The summed E-state index contributed by atoms with van der Waals surface area (Å²) < 4.78 is 6.78. The third kappa shape index (κ3) is 5.94. The molecule has 1 saturated carbocycles. The van der Waals surface area contributed by atoms with Crippen molar-refractivity contribution in [2.24, 2.45) is 11.3 Å².